The molecule has 1 N–H and O–H groups in total. The summed E-state index contributed by atoms with van der Waals surface area (Å²) in [5.74, 6) is -0.192. The van der Waals surface area contributed by atoms with E-state index in [9.17, 15) is 9.59 Å². The number of hydrogen-bond donors (Lipinski definition) is 1. The van der Waals surface area contributed by atoms with Crippen LogP contribution in [-0.2, 0) is 22.5 Å². The van der Waals surface area contributed by atoms with Gasteiger partial charge < -0.3 is 14.6 Å². The fourth-order valence-corrected chi connectivity index (χ4v) is 3.09. The fourth-order valence-electron chi connectivity index (χ4n) is 2.96. The van der Waals surface area contributed by atoms with Crippen LogP contribution in [0.3, 0.4) is 0 Å². The molecular weight excluding hydrogens is 328 g/mol. The highest BCUT2D eigenvalue weighted by Gasteiger charge is 2.36. The van der Waals surface area contributed by atoms with Crippen molar-refractivity contribution in [3.8, 4) is 0 Å². The molecule has 3 rings (SSSR count). The Morgan fingerprint density at radius 1 is 1.25 bits per heavy atom. The molecule has 1 saturated heterocycles. The largest absolute Gasteiger partial charge is 0.379 e. The Morgan fingerprint density at radius 2 is 2.04 bits per heavy atom. The summed E-state index contributed by atoms with van der Waals surface area (Å²) in [7, 11) is 0. The van der Waals surface area contributed by atoms with Crippen LogP contribution in [-0.4, -0.2) is 29.2 Å². The van der Waals surface area contributed by atoms with Crippen molar-refractivity contribution in [1.29, 1.82) is 0 Å². The Kier molecular flexibility index (Phi) is 5.02. The van der Waals surface area contributed by atoms with E-state index in [1.54, 1.807) is 18.3 Å². The highest BCUT2D eigenvalue weighted by molar-refractivity contribution is 6.30. The van der Waals surface area contributed by atoms with Crippen LogP contribution in [0.1, 0.15) is 12.0 Å². The van der Waals surface area contributed by atoms with Crippen LogP contribution in [0.2, 0.25) is 5.02 Å². The Bertz CT molecular complexity index is 764. The summed E-state index contributed by atoms with van der Waals surface area (Å²) in [6, 6.07) is 12.4. The first-order valence-corrected chi connectivity index (χ1v) is 8.23. The highest BCUT2D eigenvalue weighted by atomic mass is 35.5. The molecule has 0 saturated carbocycles. The fraction of sp³-hybridized carbons (Fsp3) is 0.333. The monoisotopic (exact) mass is 346 g/mol. The third-order valence-corrected chi connectivity index (χ3v) is 4.43. The maximum atomic E-state index is 12.4. The number of benzene rings is 1. The highest BCUT2D eigenvalue weighted by Crippen LogP contribution is 2.24. The molecule has 2 heterocycles. The quantitative estimate of drug-likeness (QED) is 0.901. The predicted molar refractivity (Wildman–Crippen MR) is 92.2 cm³/mol. The molecule has 1 unspecified atom stereocenters. The van der Waals surface area contributed by atoms with Crippen molar-refractivity contribution in [3.05, 3.63) is 69.6 Å². The summed E-state index contributed by atoms with van der Waals surface area (Å²) < 4.78 is 6.91. The number of aromatic nitrogens is 1. The lowest BCUT2D eigenvalue weighted by Crippen LogP contribution is -2.52. The molecule has 1 fully saturated rings. The van der Waals surface area contributed by atoms with Gasteiger partial charge in [-0.2, -0.15) is 0 Å². The second kappa shape index (κ2) is 7.20. The third-order valence-electron chi connectivity index (χ3n) is 4.18. The molecule has 24 heavy (non-hydrogen) atoms. The average Bonchev–Trinajstić information content (AvgIpc) is 3.00. The molecule has 0 radical (unpaired) electrons. The second-order valence-corrected chi connectivity index (χ2v) is 6.54. The summed E-state index contributed by atoms with van der Waals surface area (Å²) in [4.78, 5) is 24.2. The Morgan fingerprint density at radius 3 is 2.71 bits per heavy atom. The van der Waals surface area contributed by atoms with Crippen molar-refractivity contribution < 1.29 is 9.53 Å². The third kappa shape index (κ3) is 4.04. The van der Waals surface area contributed by atoms with Gasteiger partial charge in [-0.05, 0) is 36.6 Å². The van der Waals surface area contributed by atoms with E-state index in [1.165, 1.54) is 10.6 Å². The molecule has 0 bridgehead atoms. The van der Waals surface area contributed by atoms with Crippen LogP contribution < -0.4 is 10.9 Å². The first kappa shape index (κ1) is 16.7. The SMILES string of the molecule is O=C(Cn1ccccc1=O)NC1(Cc2ccc(Cl)cc2)CCOC1. The lowest BCUT2D eigenvalue weighted by Gasteiger charge is -2.29. The van der Waals surface area contributed by atoms with Crippen molar-refractivity contribution >= 4 is 17.5 Å². The van der Waals surface area contributed by atoms with E-state index >= 15 is 0 Å². The minimum absolute atomic E-state index is 0.00202. The van der Waals surface area contributed by atoms with Gasteiger partial charge in [0, 0.05) is 23.9 Å². The summed E-state index contributed by atoms with van der Waals surface area (Å²) >= 11 is 5.93. The smallest absolute Gasteiger partial charge is 0.250 e. The molecular formula is C18H19ClN2O3. The van der Waals surface area contributed by atoms with E-state index in [2.05, 4.69) is 5.32 Å². The summed E-state index contributed by atoms with van der Waals surface area (Å²) in [6.45, 7) is 1.08. The molecule has 1 aromatic carbocycles. The lowest BCUT2D eigenvalue weighted by molar-refractivity contribution is -0.123. The molecule has 1 aliphatic rings. The summed E-state index contributed by atoms with van der Waals surface area (Å²) in [5.41, 5.74) is 0.452. The number of nitrogens with zero attached hydrogens (tertiary/aromatic N) is 1. The topological polar surface area (TPSA) is 60.3 Å². The van der Waals surface area contributed by atoms with Gasteiger partial charge in [-0.25, -0.2) is 0 Å². The van der Waals surface area contributed by atoms with E-state index in [4.69, 9.17) is 16.3 Å². The number of rotatable bonds is 5. The average molecular weight is 347 g/mol. The van der Waals surface area contributed by atoms with E-state index in [0.29, 0.717) is 24.7 Å². The maximum absolute atomic E-state index is 12.4. The first-order chi connectivity index (χ1) is 11.6. The van der Waals surface area contributed by atoms with Crippen LogP contribution in [0.25, 0.3) is 0 Å². The van der Waals surface area contributed by atoms with E-state index in [1.807, 2.05) is 24.3 Å². The molecule has 0 aliphatic carbocycles. The lowest BCUT2D eigenvalue weighted by atomic mass is 9.90. The van der Waals surface area contributed by atoms with Gasteiger partial charge in [0.15, 0.2) is 0 Å². The predicted octanol–water partition coefficient (Wildman–Crippen LogP) is 2.02. The minimum Gasteiger partial charge on any atom is -0.379 e. The van der Waals surface area contributed by atoms with Crippen LogP contribution in [0, 0.1) is 0 Å². The second-order valence-electron chi connectivity index (χ2n) is 6.10. The van der Waals surface area contributed by atoms with Gasteiger partial charge in [-0.3, -0.25) is 9.59 Å². The van der Waals surface area contributed by atoms with E-state index in [-0.39, 0.29) is 18.0 Å². The number of halogens is 1. The van der Waals surface area contributed by atoms with E-state index < -0.39 is 5.54 Å². The van der Waals surface area contributed by atoms with Gasteiger partial charge in [0.1, 0.15) is 6.54 Å². The Balaban J connectivity index is 1.71. The number of ether oxygens (including phenoxy) is 1. The standard InChI is InChI=1S/C18H19ClN2O3/c19-15-6-4-14(5-7-15)11-18(8-10-24-13-18)20-16(22)12-21-9-2-1-3-17(21)23/h1-7,9H,8,10-13H2,(H,20,22). The molecule has 126 valence electrons. The number of hydrogen-bond acceptors (Lipinski definition) is 3. The van der Waals surface area contributed by atoms with Crippen molar-refractivity contribution in [1.82, 2.24) is 9.88 Å². The van der Waals surface area contributed by atoms with Crippen LogP contribution in [0.15, 0.2) is 53.5 Å². The van der Waals surface area contributed by atoms with Gasteiger partial charge in [-0.1, -0.05) is 29.8 Å². The normalized spacial score (nSPS) is 20.0. The van der Waals surface area contributed by atoms with Crippen molar-refractivity contribution in [2.24, 2.45) is 0 Å². The Labute approximate surface area is 145 Å². The number of amides is 1. The summed E-state index contributed by atoms with van der Waals surface area (Å²) in [5, 5.41) is 3.76. The zero-order chi connectivity index (χ0) is 17.0. The van der Waals surface area contributed by atoms with Crippen molar-refractivity contribution in [2.45, 2.75) is 24.9 Å². The summed E-state index contributed by atoms with van der Waals surface area (Å²) in [6.07, 6.45) is 3.02. The van der Waals surface area contributed by atoms with Crippen LogP contribution in [0.5, 0.6) is 0 Å². The zero-order valence-corrected chi connectivity index (χ0v) is 14.0. The minimum atomic E-state index is -0.441. The molecule has 5 nitrogen and oxygen atoms in total. The molecule has 6 heteroatoms. The molecule has 1 amide bonds. The van der Waals surface area contributed by atoms with Gasteiger partial charge >= 0.3 is 0 Å². The van der Waals surface area contributed by atoms with E-state index in [0.717, 1.165) is 12.0 Å². The van der Waals surface area contributed by atoms with Gasteiger partial charge in [-0.15, -0.1) is 0 Å². The number of carbonyl (C=O) groups excluding carboxylic acids is 1. The number of pyridine rings is 1. The van der Waals surface area contributed by atoms with Crippen molar-refractivity contribution in [3.63, 3.8) is 0 Å². The van der Waals surface area contributed by atoms with Crippen molar-refractivity contribution in [2.75, 3.05) is 13.2 Å². The number of nitrogens with one attached hydrogen (secondary N) is 1. The molecule has 1 aromatic heterocycles. The van der Waals surface area contributed by atoms with Crippen LogP contribution in [0.4, 0.5) is 0 Å². The Hall–Kier alpha value is -2.11. The van der Waals surface area contributed by atoms with Gasteiger partial charge in [0.05, 0.1) is 12.1 Å². The zero-order valence-electron chi connectivity index (χ0n) is 13.2. The molecule has 1 atom stereocenters. The number of carbonyl (C=O) groups is 1. The van der Waals surface area contributed by atoms with Gasteiger partial charge in [0.2, 0.25) is 5.91 Å². The molecule has 1 aliphatic heterocycles. The molecule has 0 spiro atoms. The van der Waals surface area contributed by atoms with Gasteiger partial charge in [0.25, 0.3) is 5.56 Å². The first-order valence-electron chi connectivity index (χ1n) is 7.85. The maximum Gasteiger partial charge on any atom is 0.250 e. The van der Waals surface area contributed by atoms with Crippen LogP contribution >= 0.6 is 11.6 Å². The molecule has 2 aromatic rings.